The minimum Gasteiger partial charge on any atom is -0.497 e. The predicted octanol–water partition coefficient (Wildman–Crippen LogP) is 2.53. The molecule has 0 aliphatic heterocycles. The van der Waals surface area contributed by atoms with Crippen molar-refractivity contribution >= 4 is 5.69 Å². The van der Waals surface area contributed by atoms with Gasteiger partial charge in [-0.05, 0) is 30.7 Å². The number of pyridine rings is 1. The van der Waals surface area contributed by atoms with Crippen molar-refractivity contribution in [2.75, 3.05) is 19.1 Å². The van der Waals surface area contributed by atoms with Gasteiger partial charge in [0.25, 0.3) is 0 Å². The van der Waals surface area contributed by atoms with E-state index in [-0.39, 0.29) is 6.61 Å². The largest absolute Gasteiger partial charge is 0.497 e. The molecule has 0 bridgehead atoms. The van der Waals surface area contributed by atoms with Crippen molar-refractivity contribution < 1.29 is 9.84 Å². The SMILES string of the molecule is COc1cccc(CN(C)c2cc(C)ncc2CO)c1. The van der Waals surface area contributed by atoms with Crippen molar-refractivity contribution in [3.8, 4) is 5.75 Å². The average Bonchev–Trinajstić information content (AvgIpc) is 2.47. The number of nitrogens with zero attached hydrogens (tertiary/aromatic N) is 2. The first-order valence-corrected chi connectivity index (χ1v) is 6.54. The lowest BCUT2D eigenvalue weighted by molar-refractivity contribution is 0.281. The molecule has 0 fully saturated rings. The van der Waals surface area contributed by atoms with Gasteiger partial charge in [0.15, 0.2) is 0 Å². The summed E-state index contributed by atoms with van der Waals surface area (Å²) in [5.41, 5.74) is 3.93. The highest BCUT2D eigenvalue weighted by molar-refractivity contribution is 5.53. The lowest BCUT2D eigenvalue weighted by atomic mass is 10.1. The summed E-state index contributed by atoms with van der Waals surface area (Å²) in [7, 11) is 3.67. The highest BCUT2D eigenvalue weighted by atomic mass is 16.5. The van der Waals surface area contributed by atoms with Gasteiger partial charge in [-0.2, -0.15) is 0 Å². The molecule has 2 rings (SSSR count). The molecule has 4 heteroatoms. The second-order valence-corrected chi connectivity index (χ2v) is 4.82. The molecule has 20 heavy (non-hydrogen) atoms. The number of ether oxygens (including phenoxy) is 1. The van der Waals surface area contributed by atoms with Gasteiger partial charge >= 0.3 is 0 Å². The maximum atomic E-state index is 9.42. The van der Waals surface area contributed by atoms with E-state index in [0.717, 1.165) is 34.8 Å². The topological polar surface area (TPSA) is 45.6 Å². The Morgan fingerprint density at radius 3 is 2.80 bits per heavy atom. The number of aliphatic hydroxyl groups is 1. The molecule has 0 spiro atoms. The van der Waals surface area contributed by atoms with Crippen LogP contribution in [0.1, 0.15) is 16.8 Å². The number of benzene rings is 1. The summed E-state index contributed by atoms with van der Waals surface area (Å²) in [6, 6.07) is 9.98. The number of hydrogen-bond acceptors (Lipinski definition) is 4. The van der Waals surface area contributed by atoms with Crippen LogP contribution < -0.4 is 9.64 Å². The molecule has 106 valence electrons. The van der Waals surface area contributed by atoms with Crippen molar-refractivity contribution in [3.63, 3.8) is 0 Å². The maximum Gasteiger partial charge on any atom is 0.119 e. The van der Waals surface area contributed by atoms with Gasteiger partial charge < -0.3 is 14.7 Å². The predicted molar refractivity (Wildman–Crippen MR) is 80.0 cm³/mol. The third kappa shape index (κ3) is 3.27. The van der Waals surface area contributed by atoms with Crippen LogP contribution in [0.25, 0.3) is 0 Å². The van der Waals surface area contributed by atoms with Crippen LogP contribution in [0.3, 0.4) is 0 Å². The van der Waals surface area contributed by atoms with Crippen LogP contribution >= 0.6 is 0 Å². The Morgan fingerprint density at radius 2 is 2.10 bits per heavy atom. The lowest BCUT2D eigenvalue weighted by Crippen LogP contribution is -2.18. The van der Waals surface area contributed by atoms with Gasteiger partial charge in [-0.1, -0.05) is 12.1 Å². The molecule has 4 nitrogen and oxygen atoms in total. The van der Waals surface area contributed by atoms with E-state index < -0.39 is 0 Å². The zero-order valence-corrected chi connectivity index (χ0v) is 12.1. The Bertz CT molecular complexity index is 584. The van der Waals surface area contributed by atoms with E-state index in [0.29, 0.717) is 0 Å². The average molecular weight is 272 g/mol. The minimum atomic E-state index is -0.00886. The first-order valence-electron chi connectivity index (χ1n) is 6.54. The molecule has 0 saturated heterocycles. The quantitative estimate of drug-likeness (QED) is 0.908. The summed E-state index contributed by atoms with van der Waals surface area (Å²) in [6.07, 6.45) is 1.73. The Balaban J connectivity index is 2.23. The van der Waals surface area contributed by atoms with Crippen LogP contribution in [-0.2, 0) is 13.2 Å². The van der Waals surface area contributed by atoms with Crippen LogP contribution in [0, 0.1) is 6.92 Å². The number of aromatic nitrogens is 1. The molecule has 0 aliphatic rings. The summed E-state index contributed by atoms with van der Waals surface area (Å²) in [5, 5.41) is 9.42. The van der Waals surface area contributed by atoms with Crippen molar-refractivity contribution in [1.29, 1.82) is 0 Å². The van der Waals surface area contributed by atoms with Gasteiger partial charge in [-0.3, -0.25) is 4.98 Å². The van der Waals surface area contributed by atoms with E-state index in [9.17, 15) is 5.11 Å². The third-order valence-electron chi connectivity index (χ3n) is 3.23. The monoisotopic (exact) mass is 272 g/mol. The van der Waals surface area contributed by atoms with Gasteiger partial charge in [0.1, 0.15) is 5.75 Å². The van der Waals surface area contributed by atoms with E-state index in [1.807, 2.05) is 38.2 Å². The third-order valence-corrected chi connectivity index (χ3v) is 3.23. The van der Waals surface area contributed by atoms with Crippen molar-refractivity contribution in [2.45, 2.75) is 20.1 Å². The van der Waals surface area contributed by atoms with Crippen LogP contribution in [0.15, 0.2) is 36.5 Å². The summed E-state index contributed by atoms with van der Waals surface area (Å²) in [4.78, 5) is 6.33. The van der Waals surface area contributed by atoms with Gasteiger partial charge in [-0.15, -0.1) is 0 Å². The fraction of sp³-hybridized carbons (Fsp3) is 0.312. The molecule has 0 amide bonds. The zero-order valence-electron chi connectivity index (χ0n) is 12.1. The van der Waals surface area contributed by atoms with Gasteiger partial charge in [0.2, 0.25) is 0 Å². The molecule has 0 saturated carbocycles. The first kappa shape index (κ1) is 14.3. The summed E-state index contributed by atoms with van der Waals surface area (Å²) >= 11 is 0. The smallest absolute Gasteiger partial charge is 0.119 e. The van der Waals surface area contributed by atoms with E-state index in [2.05, 4.69) is 16.0 Å². The molecule has 1 N–H and O–H groups in total. The Kier molecular flexibility index (Phi) is 4.58. The van der Waals surface area contributed by atoms with Crippen molar-refractivity contribution in [2.24, 2.45) is 0 Å². The minimum absolute atomic E-state index is 0.00886. The summed E-state index contributed by atoms with van der Waals surface area (Å²) in [5.74, 6) is 0.851. The molecular formula is C16H20N2O2. The second kappa shape index (κ2) is 6.39. The summed E-state index contributed by atoms with van der Waals surface area (Å²) < 4.78 is 5.24. The number of methoxy groups -OCH3 is 1. The Hall–Kier alpha value is -2.07. The molecule has 0 aliphatic carbocycles. The molecule has 1 heterocycles. The molecule has 0 atom stereocenters. The second-order valence-electron chi connectivity index (χ2n) is 4.82. The van der Waals surface area contributed by atoms with E-state index in [1.165, 1.54) is 0 Å². The van der Waals surface area contributed by atoms with Gasteiger partial charge in [0, 0.05) is 36.7 Å². The lowest BCUT2D eigenvalue weighted by Gasteiger charge is -2.22. The molecular weight excluding hydrogens is 252 g/mol. The van der Waals surface area contributed by atoms with Crippen LogP contribution in [0.5, 0.6) is 5.75 Å². The normalized spacial score (nSPS) is 10.4. The zero-order chi connectivity index (χ0) is 14.5. The fourth-order valence-corrected chi connectivity index (χ4v) is 2.18. The van der Waals surface area contributed by atoms with Crippen molar-refractivity contribution in [3.05, 3.63) is 53.3 Å². The van der Waals surface area contributed by atoms with Crippen LogP contribution in [-0.4, -0.2) is 24.2 Å². The van der Waals surface area contributed by atoms with E-state index in [1.54, 1.807) is 13.3 Å². The Labute approximate surface area is 119 Å². The van der Waals surface area contributed by atoms with E-state index in [4.69, 9.17) is 4.74 Å². The first-order chi connectivity index (χ1) is 9.63. The molecule has 1 aromatic carbocycles. The van der Waals surface area contributed by atoms with Crippen LogP contribution in [0.2, 0.25) is 0 Å². The Morgan fingerprint density at radius 1 is 1.30 bits per heavy atom. The van der Waals surface area contributed by atoms with Gasteiger partial charge in [0.05, 0.1) is 13.7 Å². The van der Waals surface area contributed by atoms with Crippen molar-refractivity contribution in [1.82, 2.24) is 4.98 Å². The van der Waals surface area contributed by atoms with E-state index >= 15 is 0 Å². The number of aliphatic hydroxyl groups excluding tert-OH is 1. The fourth-order valence-electron chi connectivity index (χ4n) is 2.18. The number of hydrogen-bond donors (Lipinski definition) is 1. The number of rotatable bonds is 5. The summed E-state index contributed by atoms with van der Waals surface area (Å²) in [6.45, 7) is 2.68. The molecule has 1 aromatic heterocycles. The molecule has 0 unspecified atom stereocenters. The van der Waals surface area contributed by atoms with Gasteiger partial charge in [-0.25, -0.2) is 0 Å². The highest BCUT2D eigenvalue weighted by Crippen LogP contribution is 2.22. The molecule has 0 radical (unpaired) electrons. The highest BCUT2D eigenvalue weighted by Gasteiger charge is 2.09. The maximum absolute atomic E-state index is 9.42. The standard InChI is InChI=1S/C16H20N2O2/c1-12-7-16(14(11-19)9-17-12)18(2)10-13-5-4-6-15(8-13)20-3/h4-9,19H,10-11H2,1-3H3. The number of aryl methyl sites for hydroxylation is 1. The van der Waals surface area contributed by atoms with Crippen LogP contribution in [0.4, 0.5) is 5.69 Å². The number of anilines is 1. The molecule has 2 aromatic rings.